The molecule has 3 heterocycles. The van der Waals surface area contributed by atoms with E-state index in [-0.39, 0.29) is 5.91 Å². The van der Waals surface area contributed by atoms with Crippen LogP contribution in [0.2, 0.25) is 5.02 Å². The van der Waals surface area contributed by atoms with E-state index in [1.54, 1.807) is 24.3 Å². The Bertz CT molecular complexity index is 1340. The smallest absolute Gasteiger partial charge is 0.253 e. The maximum atomic E-state index is 12.9. The lowest BCUT2D eigenvalue weighted by molar-refractivity contribution is 0.0746. The van der Waals surface area contributed by atoms with Gasteiger partial charge in [-0.2, -0.15) is 5.10 Å². The fraction of sp³-hybridized carbons (Fsp3) is 0.280. The van der Waals surface area contributed by atoms with Crippen molar-refractivity contribution in [3.05, 3.63) is 76.2 Å². The Balaban J connectivity index is 1.41. The Kier molecular flexibility index (Phi) is 5.50. The summed E-state index contributed by atoms with van der Waals surface area (Å²) in [5.41, 5.74) is 4.82. The van der Waals surface area contributed by atoms with Crippen molar-refractivity contribution < 1.29 is 4.79 Å². The van der Waals surface area contributed by atoms with Gasteiger partial charge >= 0.3 is 0 Å². The van der Waals surface area contributed by atoms with Crippen LogP contribution in [0.1, 0.15) is 27.3 Å². The van der Waals surface area contributed by atoms with Gasteiger partial charge in [0.05, 0.1) is 17.3 Å². The number of halogens is 1. The topological polar surface area (TPSA) is 67.2 Å². The van der Waals surface area contributed by atoms with Gasteiger partial charge in [0, 0.05) is 36.8 Å². The van der Waals surface area contributed by atoms with Gasteiger partial charge < -0.3 is 9.80 Å². The number of amides is 1. The Morgan fingerprint density at radius 1 is 0.939 bits per heavy atom. The highest BCUT2D eigenvalue weighted by Gasteiger charge is 2.25. The predicted molar refractivity (Wildman–Crippen MR) is 130 cm³/mol. The maximum absolute atomic E-state index is 12.9. The number of benzene rings is 2. The zero-order valence-corrected chi connectivity index (χ0v) is 19.7. The van der Waals surface area contributed by atoms with E-state index in [0.717, 1.165) is 28.1 Å². The lowest BCUT2D eigenvalue weighted by atomic mass is 10.1. The third kappa shape index (κ3) is 4.04. The molecule has 0 aliphatic carbocycles. The second kappa shape index (κ2) is 8.48. The van der Waals surface area contributed by atoms with Gasteiger partial charge in [-0.15, -0.1) is 0 Å². The second-order valence-corrected chi connectivity index (χ2v) is 8.90. The molecule has 1 fully saturated rings. The van der Waals surface area contributed by atoms with Crippen LogP contribution in [0.3, 0.4) is 0 Å². The van der Waals surface area contributed by atoms with E-state index in [4.69, 9.17) is 21.6 Å². The van der Waals surface area contributed by atoms with Crippen LogP contribution in [0.4, 0.5) is 5.82 Å². The van der Waals surface area contributed by atoms with Gasteiger partial charge in [0.15, 0.2) is 5.65 Å². The number of hydrogen-bond acceptors (Lipinski definition) is 5. The van der Waals surface area contributed by atoms with Crippen molar-refractivity contribution in [3.63, 3.8) is 0 Å². The molecule has 33 heavy (non-hydrogen) atoms. The number of carbonyl (C=O) groups is 1. The van der Waals surface area contributed by atoms with Gasteiger partial charge in [-0.3, -0.25) is 4.79 Å². The summed E-state index contributed by atoms with van der Waals surface area (Å²) in [6.45, 7) is 8.71. The first-order valence-corrected chi connectivity index (χ1v) is 11.4. The third-order valence-corrected chi connectivity index (χ3v) is 6.31. The summed E-state index contributed by atoms with van der Waals surface area (Å²) in [5, 5.41) is 6.20. The van der Waals surface area contributed by atoms with Gasteiger partial charge in [-0.05, 0) is 56.7 Å². The number of fused-ring (bicyclic) bond motifs is 1. The minimum atomic E-state index is 0.0259. The maximum Gasteiger partial charge on any atom is 0.253 e. The van der Waals surface area contributed by atoms with E-state index in [1.807, 2.05) is 22.7 Å². The molecular formula is C25H25ClN6O. The number of nitrogens with zero attached hydrogens (tertiary/aromatic N) is 6. The second-order valence-electron chi connectivity index (χ2n) is 8.46. The van der Waals surface area contributed by atoms with Gasteiger partial charge in [0.1, 0.15) is 11.6 Å². The Morgan fingerprint density at radius 3 is 2.36 bits per heavy atom. The number of carbonyl (C=O) groups excluding carboxylic acids is 1. The fourth-order valence-corrected chi connectivity index (χ4v) is 4.48. The van der Waals surface area contributed by atoms with Crippen LogP contribution in [0, 0.1) is 20.8 Å². The van der Waals surface area contributed by atoms with Crippen molar-refractivity contribution in [2.75, 3.05) is 31.1 Å². The van der Waals surface area contributed by atoms with Gasteiger partial charge in [-0.25, -0.2) is 14.6 Å². The monoisotopic (exact) mass is 460 g/mol. The van der Waals surface area contributed by atoms with Crippen molar-refractivity contribution in [3.8, 4) is 5.69 Å². The van der Waals surface area contributed by atoms with Crippen LogP contribution < -0.4 is 4.90 Å². The highest BCUT2D eigenvalue weighted by atomic mass is 35.5. The number of anilines is 1. The summed E-state index contributed by atoms with van der Waals surface area (Å²) in [4.78, 5) is 26.4. The molecule has 0 saturated carbocycles. The van der Waals surface area contributed by atoms with Gasteiger partial charge in [0.25, 0.3) is 5.91 Å². The van der Waals surface area contributed by atoms with Crippen molar-refractivity contribution in [2.24, 2.45) is 0 Å². The Morgan fingerprint density at radius 2 is 1.67 bits per heavy atom. The quantitative estimate of drug-likeness (QED) is 0.454. The summed E-state index contributed by atoms with van der Waals surface area (Å²) in [7, 11) is 0. The zero-order valence-electron chi connectivity index (χ0n) is 18.9. The first-order chi connectivity index (χ1) is 15.9. The van der Waals surface area contributed by atoms with E-state index in [9.17, 15) is 4.79 Å². The highest BCUT2D eigenvalue weighted by Crippen LogP contribution is 2.28. The molecule has 1 amide bonds. The van der Waals surface area contributed by atoms with Crippen LogP contribution in [0.5, 0.6) is 0 Å². The molecule has 0 unspecified atom stereocenters. The number of rotatable bonds is 3. The summed E-state index contributed by atoms with van der Waals surface area (Å²) < 4.78 is 1.89. The minimum absolute atomic E-state index is 0.0259. The molecule has 7 nitrogen and oxygen atoms in total. The summed E-state index contributed by atoms with van der Waals surface area (Å²) in [6.07, 6.45) is 1.84. The van der Waals surface area contributed by atoms with Crippen molar-refractivity contribution >= 4 is 34.4 Å². The molecule has 5 rings (SSSR count). The molecule has 0 radical (unpaired) electrons. The molecule has 0 bridgehead atoms. The molecule has 168 valence electrons. The van der Waals surface area contributed by atoms with Crippen molar-refractivity contribution in [2.45, 2.75) is 20.8 Å². The van der Waals surface area contributed by atoms with E-state index in [2.05, 4.69) is 42.0 Å². The third-order valence-electron chi connectivity index (χ3n) is 6.06. The van der Waals surface area contributed by atoms with Gasteiger partial charge in [-0.1, -0.05) is 29.3 Å². The number of aryl methyl sites for hydroxylation is 3. The summed E-state index contributed by atoms with van der Waals surface area (Å²) in [5.74, 6) is 1.59. The van der Waals surface area contributed by atoms with E-state index in [1.165, 1.54) is 5.56 Å². The van der Waals surface area contributed by atoms with Crippen molar-refractivity contribution in [1.29, 1.82) is 0 Å². The highest BCUT2D eigenvalue weighted by molar-refractivity contribution is 6.30. The average molecular weight is 461 g/mol. The summed E-state index contributed by atoms with van der Waals surface area (Å²) in [6, 6.07) is 13.4. The average Bonchev–Trinajstić information content (AvgIpc) is 3.22. The van der Waals surface area contributed by atoms with Crippen LogP contribution in [-0.4, -0.2) is 56.7 Å². The zero-order chi connectivity index (χ0) is 23.1. The first kappa shape index (κ1) is 21.4. The molecule has 0 spiro atoms. The molecular weight excluding hydrogens is 436 g/mol. The largest absolute Gasteiger partial charge is 0.352 e. The molecule has 0 atom stereocenters. The molecule has 1 saturated heterocycles. The Hall–Kier alpha value is -3.45. The molecule has 0 N–H and O–H groups in total. The lowest BCUT2D eigenvalue weighted by Gasteiger charge is -2.35. The molecule has 2 aromatic heterocycles. The molecule has 2 aromatic carbocycles. The molecule has 1 aliphatic rings. The van der Waals surface area contributed by atoms with Crippen LogP contribution in [0.15, 0.2) is 48.7 Å². The number of piperazine rings is 1. The van der Waals surface area contributed by atoms with E-state index >= 15 is 0 Å². The predicted octanol–water partition coefficient (Wildman–Crippen LogP) is 4.36. The normalized spacial score (nSPS) is 14.2. The minimum Gasteiger partial charge on any atom is -0.352 e. The number of aromatic nitrogens is 4. The number of hydrogen-bond donors (Lipinski definition) is 0. The SMILES string of the molecule is Cc1ccc(-n2ncc3c(N4CCN(C(=O)c5ccc(Cl)cc5)CC4)nc(C)nc32)c(C)c1. The van der Waals surface area contributed by atoms with Crippen LogP contribution in [-0.2, 0) is 0 Å². The standard InChI is InChI=1S/C25H25ClN6O/c1-16-4-9-22(17(2)14-16)32-24-21(15-27-32)23(28-18(3)29-24)30-10-12-31(13-11-30)25(33)19-5-7-20(26)8-6-19/h4-9,14-15H,10-13H2,1-3H3. The first-order valence-electron chi connectivity index (χ1n) is 11.0. The van der Waals surface area contributed by atoms with Crippen LogP contribution >= 0.6 is 11.6 Å². The van der Waals surface area contributed by atoms with E-state index < -0.39 is 0 Å². The molecule has 8 heteroatoms. The van der Waals surface area contributed by atoms with Crippen molar-refractivity contribution in [1.82, 2.24) is 24.6 Å². The fourth-order valence-electron chi connectivity index (χ4n) is 4.36. The van der Waals surface area contributed by atoms with E-state index in [0.29, 0.717) is 42.6 Å². The molecule has 4 aromatic rings. The van der Waals surface area contributed by atoms with Crippen LogP contribution in [0.25, 0.3) is 16.7 Å². The Labute approximate surface area is 197 Å². The summed E-state index contributed by atoms with van der Waals surface area (Å²) >= 11 is 5.96. The lowest BCUT2D eigenvalue weighted by Crippen LogP contribution is -2.49. The van der Waals surface area contributed by atoms with Gasteiger partial charge in [0.2, 0.25) is 0 Å². The molecule has 1 aliphatic heterocycles.